The second-order valence-electron chi connectivity index (χ2n) is 6.21. The maximum absolute atomic E-state index is 5.90. The Hall–Kier alpha value is -1.55. The summed E-state index contributed by atoms with van der Waals surface area (Å²) in [6.07, 6.45) is 0. The standard InChI is InChI=1S/C17H27N3O/c1-6-21-10-16(11(2)3)20-15-8-7-13(18)9-14(15)19-17(20)12(4)5/h7-9,11-12,16H,6,10,18H2,1-5H3. The lowest BCUT2D eigenvalue weighted by molar-refractivity contribution is 0.0965. The minimum Gasteiger partial charge on any atom is -0.399 e. The van der Waals surface area contributed by atoms with Crippen LogP contribution in [0.2, 0.25) is 0 Å². The maximum atomic E-state index is 5.90. The number of rotatable bonds is 6. The van der Waals surface area contributed by atoms with E-state index >= 15 is 0 Å². The van der Waals surface area contributed by atoms with E-state index in [0.717, 1.165) is 29.2 Å². The molecule has 2 N–H and O–H groups in total. The summed E-state index contributed by atoms with van der Waals surface area (Å²) in [5, 5.41) is 0. The predicted molar refractivity (Wildman–Crippen MR) is 88.6 cm³/mol. The Morgan fingerprint density at radius 1 is 1.24 bits per heavy atom. The number of hydrogen-bond acceptors (Lipinski definition) is 3. The number of benzene rings is 1. The molecule has 21 heavy (non-hydrogen) atoms. The van der Waals surface area contributed by atoms with E-state index in [1.807, 2.05) is 19.1 Å². The van der Waals surface area contributed by atoms with Crippen molar-refractivity contribution in [2.24, 2.45) is 5.92 Å². The van der Waals surface area contributed by atoms with Crippen LogP contribution in [-0.4, -0.2) is 22.8 Å². The van der Waals surface area contributed by atoms with Gasteiger partial charge in [-0.2, -0.15) is 0 Å². The average Bonchev–Trinajstić information content (AvgIpc) is 2.77. The minimum absolute atomic E-state index is 0.288. The molecule has 2 aromatic rings. The van der Waals surface area contributed by atoms with Gasteiger partial charge in [0, 0.05) is 18.2 Å². The van der Waals surface area contributed by atoms with Crippen LogP contribution in [0, 0.1) is 5.92 Å². The summed E-state index contributed by atoms with van der Waals surface area (Å²) in [6, 6.07) is 6.26. The monoisotopic (exact) mass is 289 g/mol. The molecule has 0 aliphatic carbocycles. The highest BCUT2D eigenvalue weighted by atomic mass is 16.5. The number of imidazole rings is 1. The number of nitrogens with two attached hydrogens (primary N) is 1. The molecule has 0 saturated heterocycles. The third-order valence-corrected chi connectivity index (χ3v) is 3.85. The van der Waals surface area contributed by atoms with Gasteiger partial charge in [-0.3, -0.25) is 0 Å². The van der Waals surface area contributed by atoms with Gasteiger partial charge in [0.25, 0.3) is 0 Å². The van der Waals surface area contributed by atoms with E-state index in [0.29, 0.717) is 18.4 Å². The van der Waals surface area contributed by atoms with Gasteiger partial charge in [0.2, 0.25) is 0 Å². The third-order valence-electron chi connectivity index (χ3n) is 3.85. The first-order valence-corrected chi connectivity index (χ1v) is 7.80. The van der Waals surface area contributed by atoms with Crippen molar-refractivity contribution in [3.63, 3.8) is 0 Å². The summed E-state index contributed by atoms with van der Waals surface area (Å²) in [5.74, 6) is 1.94. The molecule has 4 heteroatoms. The van der Waals surface area contributed by atoms with Crippen LogP contribution in [0.25, 0.3) is 11.0 Å². The van der Waals surface area contributed by atoms with Crippen molar-refractivity contribution in [2.45, 2.75) is 46.6 Å². The zero-order chi connectivity index (χ0) is 15.6. The minimum atomic E-state index is 0.288. The lowest BCUT2D eigenvalue weighted by atomic mass is 10.0. The van der Waals surface area contributed by atoms with Crippen molar-refractivity contribution in [1.82, 2.24) is 9.55 Å². The van der Waals surface area contributed by atoms with Crippen molar-refractivity contribution in [1.29, 1.82) is 0 Å². The zero-order valence-electron chi connectivity index (χ0n) is 13.8. The topological polar surface area (TPSA) is 53.1 Å². The van der Waals surface area contributed by atoms with E-state index in [1.165, 1.54) is 0 Å². The fourth-order valence-corrected chi connectivity index (χ4v) is 2.69. The summed E-state index contributed by atoms with van der Waals surface area (Å²) in [7, 11) is 0. The van der Waals surface area contributed by atoms with Gasteiger partial charge >= 0.3 is 0 Å². The first-order valence-electron chi connectivity index (χ1n) is 7.80. The van der Waals surface area contributed by atoms with Gasteiger partial charge < -0.3 is 15.0 Å². The van der Waals surface area contributed by atoms with Gasteiger partial charge in [0.1, 0.15) is 5.82 Å². The molecule has 1 atom stereocenters. The van der Waals surface area contributed by atoms with Gasteiger partial charge in [-0.15, -0.1) is 0 Å². The van der Waals surface area contributed by atoms with Gasteiger partial charge in [-0.1, -0.05) is 27.7 Å². The molecule has 2 rings (SSSR count). The first kappa shape index (κ1) is 15.8. The number of aromatic nitrogens is 2. The third kappa shape index (κ3) is 3.21. The van der Waals surface area contributed by atoms with E-state index in [2.05, 4.69) is 38.3 Å². The van der Waals surface area contributed by atoms with Crippen LogP contribution in [0.5, 0.6) is 0 Å². The van der Waals surface area contributed by atoms with Crippen LogP contribution in [-0.2, 0) is 4.74 Å². The van der Waals surface area contributed by atoms with Crippen LogP contribution in [0.4, 0.5) is 5.69 Å². The molecular weight excluding hydrogens is 262 g/mol. The Labute approximate surface area is 127 Å². The molecule has 0 aliphatic rings. The largest absolute Gasteiger partial charge is 0.399 e. The van der Waals surface area contributed by atoms with Crippen molar-refractivity contribution in [2.75, 3.05) is 18.9 Å². The zero-order valence-corrected chi connectivity index (χ0v) is 13.8. The SMILES string of the molecule is CCOCC(C(C)C)n1c(C(C)C)nc2cc(N)ccc21. The molecule has 0 spiro atoms. The summed E-state index contributed by atoms with van der Waals surface area (Å²) in [5.41, 5.74) is 8.78. The Balaban J connectivity index is 2.59. The number of nitrogens with zero attached hydrogens (tertiary/aromatic N) is 2. The quantitative estimate of drug-likeness (QED) is 0.818. The van der Waals surface area contributed by atoms with Gasteiger partial charge in [0.15, 0.2) is 0 Å². The Kier molecular flexibility index (Phi) is 4.88. The van der Waals surface area contributed by atoms with Crippen LogP contribution in [0.15, 0.2) is 18.2 Å². The Morgan fingerprint density at radius 2 is 1.95 bits per heavy atom. The van der Waals surface area contributed by atoms with Gasteiger partial charge in [0.05, 0.1) is 23.7 Å². The summed E-state index contributed by atoms with van der Waals surface area (Å²) < 4.78 is 8.06. The molecule has 0 amide bonds. The Morgan fingerprint density at radius 3 is 2.52 bits per heavy atom. The van der Waals surface area contributed by atoms with Crippen LogP contribution < -0.4 is 5.73 Å². The second kappa shape index (κ2) is 6.48. The normalized spacial score (nSPS) is 13.5. The van der Waals surface area contributed by atoms with E-state index in [9.17, 15) is 0 Å². The predicted octanol–water partition coefficient (Wildman–Crippen LogP) is 3.98. The van der Waals surface area contributed by atoms with Gasteiger partial charge in [-0.05, 0) is 31.0 Å². The highest BCUT2D eigenvalue weighted by molar-refractivity contribution is 5.80. The summed E-state index contributed by atoms with van der Waals surface area (Å²) in [6.45, 7) is 12.3. The summed E-state index contributed by atoms with van der Waals surface area (Å²) >= 11 is 0. The lowest BCUT2D eigenvalue weighted by Crippen LogP contribution is -2.23. The van der Waals surface area contributed by atoms with Gasteiger partial charge in [-0.25, -0.2) is 4.98 Å². The molecule has 116 valence electrons. The van der Waals surface area contributed by atoms with Crippen molar-refractivity contribution in [3.05, 3.63) is 24.0 Å². The molecule has 0 fully saturated rings. The fraction of sp³-hybridized carbons (Fsp3) is 0.588. The molecule has 1 aromatic carbocycles. The highest BCUT2D eigenvalue weighted by Gasteiger charge is 2.23. The number of fused-ring (bicyclic) bond motifs is 1. The average molecular weight is 289 g/mol. The number of anilines is 1. The van der Waals surface area contributed by atoms with Crippen LogP contribution >= 0.6 is 0 Å². The lowest BCUT2D eigenvalue weighted by Gasteiger charge is -2.26. The smallest absolute Gasteiger partial charge is 0.112 e. The molecule has 0 radical (unpaired) electrons. The fourth-order valence-electron chi connectivity index (χ4n) is 2.69. The van der Waals surface area contributed by atoms with Crippen LogP contribution in [0.3, 0.4) is 0 Å². The molecular formula is C17H27N3O. The molecule has 1 unspecified atom stereocenters. The van der Waals surface area contributed by atoms with E-state index in [4.69, 9.17) is 15.5 Å². The van der Waals surface area contributed by atoms with Crippen molar-refractivity contribution in [3.8, 4) is 0 Å². The van der Waals surface area contributed by atoms with Crippen molar-refractivity contribution >= 4 is 16.7 Å². The second-order valence-corrected chi connectivity index (χ2v) is 6.21. The highest BCUT2D eigenvalue weighted by Crippen LogP contribution is 2.30. The van der Waals surface area contributed by atoms with Crippen molar-refractivity contribution < 1.29 is 4.74 Å². The number of hydrogen-bond donors (Lipinski definition) is 1. The Bertz CT molecular complexity index is 601. The molecule has 1 heterocycles. The molecule has 0 aliphatic heterocycles. The molecule has 0 bridgehead atoms. The number of nitrogen functional groups attached to an aromatic ring is 1. The summed E-state index contributed by atoms with van der Waals surface area (Å²) in [4.78, 5) is 4.81. The van der Waals surface area contributed by atoms with E-state index in [1.54, 1.807) is 0 Å². The molecule has 0 saturated carbocycles. The molecule has 1 aromatic heterocycles. The maximum Gasteiger partial charge on any atom is 0.112 e. The number of ether oxygens (including phenoxy) is 1. The van der Waals surface area contributed by atoms with Crippen LogP contribution in [0.1, 0.15) is 52.4 Å². The molecule has 4 nitrogen and oxygen atoms in total. The van der Waals surface area contributed by atoms with E-state index in [-0.39, 0.29) is 6.04 Å². The van der Waals surface area contributed by atoms with E-state index < -0.39 is 0 Å². The first-order chi connectivity index (χ1) is 9.95.